The number of fused-ring (bicyclic) bond motifs is 1. The molecule has 43 heavy (non-hydrogen) atoms. The molecule has 1 aliphatic rings. The largest absolute Gasteiger partial charge is 0.326 e. The highest BCUT2D eigenvalue weighted by molar-refractivity contribution is 7.89. The molecule has 0 spiro atoms. The summed E-state index contributed by atoms with van der Waals surface area (Å²) in [5.74, 6) is 0.257. The summed E-state index contributed by atoms with van der Waals surface area (Å²) < 4.78 is 41.1. The van der Waals surface area contributed by atoms with Crippen molar-refractivity contribution in [3.8, 4) is 11.1 Å². The molecule has 13 heteroatoms. The number of halogens is 1. The maximum Gasteiger partial charge on any atom is 0.243 e. The summed E-state index contributed by atoms with van der Waals surface area (Å²) >= 11 is 0. The minimum Gasteiger partial charge on any atom is -0.326 e. The van der Waals surface area contributed by atoms with Crippen molar-refractivity contribution in [2.75, 3.05) is 43.9 Å². The number of hydrogen-bond acceptors (Lipinski definition) is 8. The van der Waals surface area contributed by atoms with Crippen LogP contribution in [-0.4, -0.2) is 76.9 Å². The second-order valence-corrected chi connectivity index (χ2v) is 12.3. The van der Waals surface area contributed by atoms with Crippen molar-refractivity contribution in [2.24, 2.45) is 0 Å². The summed E-state index contributed by atoms with van der Waals surface area (Å²) in [5.41, 5.74) is 3.37. The summed E-state index contributed by atoms with van der Waals surface area (Å²) in [6.07, 6.45) is 1.47. The number of rotatable bonds is 8. The molecule has 3 heterocycles. The smallest absolute Gasteiger partial charge is 0.243 e. The van der Waals surface area contributed by atoms with Gasteiger partial charge < -0.3 is 15.5 Å². The van der Waals surface area contributed by atoms with Gasteiger partial charge in [0.1, 0.15) is 18.0 Å². The van der Waals surface area contributed by atoms with Crippen LogP contribution in [0.1, 0.15) is 5.69 Å². The van der Waals surface area contributed by atoms with Gasteiger partial charge in [-0.1, -0.05) is 24.3 Å². The Morgan fingerprint density at radius 2 is 1.72 bits per heavy atom. The molecule has 3 aromatic carbocycles. The van der Waals surface area contributed by atoms with Crippen LogP contribution in [0.2, 0.25) is 0 Å². The molecule has 0 atom stereocenters. The van der Waals surface area contributed by atoms with Gasteiger partial charge in [0.05, 0.1) is 16.8 Å². The molecule has 1 aliphatic heterocycles. The number of aromatic amines is 1. The fraction of sp³-hybridized carbons (Fsp3) is 0.200. The molecular weight excluding hydrogens is 571 g/mol. The van der Waals surface area contributed by atoms with Crippen LogP contribution < -0.4 is 10.6 Å². The molecule has 11 nitrogen and oxygen atoms in total. The average molecular weight is 601 g/mol. The fourth-order valence-electron chi connectivity index (χ4n) is 4.92. The zero-order chi connectivity index (χ0) is 30.0. The van der Waals surface area contributed by atoms with Crippen LogP contribution in [0.5, 0.6) is 0 Å². The lowest BCUT2D eigenvalue weighted by atomic mass is 10.0. The van der Waals surface area contributed by atoms with Crippen molar-refractivity contribution in [1.29, 1.82) is 0 Å². The van der Waals surface area contributed by atoms with Crippen molar-refractivity contribution in [2.45, 2.75) is 11.3 Å². The molecule has 2 aromatic heterocycles. The van der Waals surface area contributed by atoms with Gasteiger partial charge in [-0.05, 0) is 60.6 Å². The van der Waals surface area contributed by atoms with E-state index >= 15 is 0 Å². The van der Waals surface area contributed by atoms with Gasteiger partial charge in [0.25, 0.3) is 0 Å². The molecule has 3 N–H and O–H groups in total. The van der Waals surface area contributed by atoms with Crippen LogP contribution >= 0.6 is 0 Å². The van der Waals surface area contributed by atoms with Gasteiger partial charge in [0.15, 0.2) is 5.82 Å². The van der Waals surface area contributed by atoms with Crippen LogP contribution in [0, 0.1) is 5.82 Å². The Kier molecular flexibility index (Phi) is 7.84. The number of benzene rings is 3. The monoisotopic (exact) mass is 600 g/mol. The van der Waals surface area contributed by atoms with Gasteiger partial charge in [-0.2, -0.15) is 9.40 Å². The van der Waals surface area contributed by atoms with Gasteiger partial charge in [-0.3, -0.25) is 9.89 Å². The Labute approximate surface area is 247 Å². The zero-order valence-corrected chi connectivity index (χ0v) is 24.1. The number of piperazine rings is 1. The number of likely N-dealkylation sites (N-methyl/N-ethyl adjacent to an activating group) is 1. The Balaban J connectivity index is 1.14. The number of carbonyl (C=O) groups is 1. The number of nitrogens with zero attached hydrogens (tertiary/aromatic N) is 5. The van der Waals surface area contributed by atoms with Gasteiger partial charge in [0, 0.05) is 49.0 Å². The molecule has 1 fully saturated rings. The van der Waals surface area contributed by atoms with Gasteiger partial charge in [-0.25, -0.2) is 22.8 Å². The Morgan fingerprint density at radius 3 is 2.49 bits per heavy atom. The lowest BCUT2D eigenvalue weighted by Crippen LogP contribution is -2.46. The number of hydrogen-bond donors (Lipinski definition) is 3. The van der Waals surface area contributed by atoms with E-state index in [-0.39, 0.29) is 17.2 Å². The molecule has 0 saturated carbocycles. The second-order valence-electron chi connectivity index (χ2n) is 10.3. The SMILES string of the molecule is CN1CCN(S(=O)(=O)c2ccc(-c3ccc4c(Nc5cc(CC(=O)Nc6cccc(F)c6)[nH]n5)ncnc4c3)cc2)CC1. The molecule has 0 unspecified atom stereocenters. The molecule has 6 rings (SSSR count). The van der Waals surface area contributed by atoms with E-state index in [4.69, 9.17) is 0 Å². The predicted octanol–water partition coefficient (Wildman–Crippen LogP) is 4.02. The molecule has 0 radical (unpaired) electrons. The fourth-order valence-corrected chi connectivity index (χ4v) is 6.34. The first-order chi connectivity index (χ1) is 20.7. The summed E-state index contributed by atoms with van der Waals surface area (Å²) in [7, 11) is -1.55. The number of H-pyrrole nitrogens is 1. The molecule has 5 aromatic rings. The van der Waals surface area contributed by atoms with E-state index in [1.807, 2.05) is 25.2 Å². The molecule has 220 valence electrons. The van der Waals surface area contributed by atoms with E-state index in [1.54, 1.807) is 36.4 Å². The van der Waals surface area contributed by atoms with E-state index in [0.29, 0.717) is 54.7 Å². The third kappa shape index (κ3) is 6.38. The minimum absolute atomic E-state index is 0.0224. The van der Waals surface area contributed by atoms with Crippen LogP contribution in [-0.2, 0) is 21.2 Å². The molecule has 1 amide bonds. The lowest BCUT2D eigenvalue weighted by Gasteiger charge is -2.31. The van der Waals surface area contributed by atoms with Crippen molar-refractivity contribution < 1.29 is 17.6 Å². The first kappa shape index (κ1) is 28.4. The minimum atomic E-state index is -3.54. The van der Waals surface area contributed by atoms with E-state index in [1.165, 1.54) is 28.8 Å². The van der Waals surface area contributed by atoms with Crippen LogP contribution in [0.15, 0.2) is 84.0 Å². The highest BCUT2D eigenvalue weighted by Crippen LogP contribution is 2.29. The van der Waals surface area contributed by atoms with Gasteiger partial charge >= 0.3 is 0 Å². The lowest BCUT2D eigenvalue weighted by molar-refractivity contribution is -0.115. The number of carbonyl (C=O) groups excluding carboxylic acids is 1. The number of aromatic nitrogens is 4. The van der Waals surface area contributed by atoms with Crippen molar-refractivity contribution in [3.63, 3.8) is 0 Å². The van der Waals surface area contributed by atoms with E-state index in [0.717, 1.165) is 16.5 Å². The maximum absolute atomic E-state index is 13.4. The summed E-state index contributed by atoms with van der Waals surface area (Å²) in [6.45, 7) is 2.38. The Morgan fingerprint density at radius 1 is 0.953 bits per heavy atom. The Bertz CT molecular complexity index is 1890. The van der Waals surface area contributed by atoms with Crippen LogP contribution in [0.3, 0.4) is 0 Å². The molecular formula is C30H29FN8O3S. The second kappa shape index (κ2) is 11.9. The average Bonchev–Trinajstić information content (AvgIpc) is 3.43. The Hall–Kier alpha value is -4.72. The first-order valence-corrected chi connectivity index (χ1v) is 15.1. The van der Waals surface area contributed by atoms with Gasteiger partial charge in [-0.15, -0.1) is 0 Å². The van der Waals surface area contributed by atoms with Crippen molar-refractivity contribution in [1.82, 2.24) is 29.4 Å². The number of anilines is 3. The highest BCUT2D eigenvalue weighted by atomic mass is 32.2. The third-order valence-electron chi connectivity index (χ3n) is 7.26. The van der Waals surface area contributed by atoms with E-state index < -0.39 is 15.8 Å². The zero-order valence-electron chi connectivity index (χ0n) is 23.3. The predicted molar refractivity (Wildman–Crippen MR) is 162 cm³/mol. The van der Waals surface area contributed by atoms with E-state index in [9.17, 15) is 17.6 Å². The van der Waals surface area contributed by atoms with Crippen molar-refractivity contribution in [3.05, 3.63) is 90.6 Å². The van der Waals surface area contributed by atoms with E-state index in [2.05, 4.69) is 35.7 Å². The number of nitrogens with one attached hydrogen (secondary N) is 3. The topological polar surface area (TPSA) is 136 Å². The first-order valence-electron chi connectivity index (χ1n) is 13.7. The molecule has 1 saturated heterocycles. The van der Waals surface area contributed by atoms with Crippen molar-refractivity contribution >= 4 is 44.2 Å². The number of amides is 1. The summed E-state index contributed by atoms with van der Waals surface area (Å²) in [5, 5.41) is 13.6. The number of sulfonamides is 1. The third-order valence-corrected chi connectivity index (χ3v) is 9.17. The standard InChI is InChI=1S/C30H29FN8O3S/c1-38-11-13-39(14-12-38)43(41,42)25-8-5-20(6-9-25)21-7-10-26-27(15-21)32-19-33-30(26)35-28-17-24(36-37-28)18-29(40)34-23-4-2-3-22(31)16-23/h2-10,15-17,19H,11-14,18H2,1H3,(H,34,40)(H2,32,33,35,36,37). The summed E-state index contributed by atoms with van der Waals surface area (Å²) in [4.78, 5) is 23.6. The summed E-state index contributed by atoms with van der Waals surface area (Å²) in [6, 6.07) is 20.0. The normalized spacial score (nSPS) is 14.6. The highest BCUT2D eigenvalue weighted by Gasteiger charge is 2.27. The molecule has 0 bridgehead atoms. The quantitative estimate of drug-likeness (QED) is 0.243. The van der Waals surface area contributed by atoms with Gasteiger partial charge in [0.2, 0.25) is 15.9 Å². The molecule has 0 aliphatic carbocycles. The van der Waals surface area contributed by atoms with Crippen LogP contribution in [0.4, 0.5) is 21.7 Å². The van der Waals surface area contributed by atoms with Crippen LogP contribution in [0.25, 0.3) is 22.0 Å². The maximum atomic E-state index is 13.4.